The third-order valence-electron chi connectivity index (χ3n) is 0.889. The number of aromatic nitrogens is 2. The molecule has 48 valence electrons. The molecule has 0 aliphatic carbocycles. The Morgan fingerprint density at radius 3 is 2.78 bits per heavy atom. The zero-order valence-electron chi connectivity index (χ0n) is 4.81. The van der Waals surface area contributed by atoms with Gasteiger partial charge in [-0.3, -0.25) is 4.79 Å². The molecule has 0 unspecified atom stereocenters. The molecule has 1 aromatic rings. The standard InChI is InChI=1S/C5H5ClN2O/c1-3-2-7-5(8-3)4(6)9/h2H,1H3,(H,7,8). The number of carbonyl (C=O) groups excluding carboxylic acids is 1. The van der Waals surface area contributed by atoms with Gasteiger partial charge in [-0.2, -0.15) is 0 Å². The molecule has 1 N–H and O–H groups in total. The van der Waals surface area contributed by atoms with Crippen molar-refractivity contribution in [3.63, 3.8) is 0 Å². The monoisotopic (exact) mass is 144 g/mol. The molecule has 0 amide bonds. The van der Waals surface area contributed by atoms with Gasteiger partial charge < -0.3 is 4.98 Å². The van der Waals surface area contributed by atoms with E-state index in [4.69, 9.17) is 11.6 Å². The number of carbonyl (C=O) groups is 1. The number of aromatic amines is 1. The molecule has 9 heavy (non-hydrogen) atoms. The molecular weight excluding hydrogens is 140 g/mol. The summed E-state index contributed by atoms with van der Waals surface area (Å²) in [4.78, 5) is 16.7. The van der Waals surface area contributed by atoms with Crippen LogP contribution >= 0.6 is 11.6 Å². The van der Waals surface area contributed by atoms with E-state index >= 15 is 0 Å². The number of H-pyrrole nitrogens is 1. The molecule has 4 heteroatoms. The predicted octanol–water partition coefficient (Wildman–Crippen LogP) is 1.10. The quantitative estimate of drug-likeness (QED) is 0.600. The molecule has 3 nitrogen and oxygen atoms in total. The number of halogens is 1. The van der Waals surface area contributed by atoms with Crippen LogP contribution in [0.25, 0.3) is 0 Å². The molecule has 1 rings (SSSR count). The molecule has 1 aromatic heterocycles. The summed E-state index contributed by atoms with van der Waals surface area (Å²) in [5.74, 6) is 0.203. The molecule has 0 atom stereocenters. The van der Waals surface area contributed by atoms with E-state index in [1.807, 2.05) is 0 Å². The third-order valence-corrected chi connectivity index (χ3v) is 1.07. The van der Waals surface area contributed by atoms with Gasteiger partial charge in [-0.25, -0.2) is 4.98 Å². The van der Waals surface area contributed by atoms with Gasteiger partial charge in [0.2, 0.25) is 0 Å². The molecule has 1 heterocycles. The van der Waals surface area contributed by atoms with Gasteiger partial charge in [0.1, 0.15) is 0 Å². The average molecular weight is 145 g/mol. The van der Waals surface area contributed by atoms with Crippen molar-refractivity contribution in [1.82, 2.24) is 9.97 Å². The second-order valence-corrected chi connectivity index (χ2v) is 2.03. The van der Waals surface area contributed by atoms with E-state index in [1.165, 1.54) is 0 Å². The first-order valence-electron chi connectivity index (χ1n) is 2.41. The lowest BCUT2D eigenvalue weighted by Gasteiger charge is -1.80. The summed E-state index contributed by atoms with van der Waals surface area (Å²) in [6.45, 7) is 1.80. The molecule has 0 aliphatic heterocycles. The van der Waals surface area contributed by atoms with E-state index in [9.17, 15) is 4.79 Å². The van der Waals surface area contributed by atoms with Gasteiger partial charge in [0, 0.05) is 11.9 Å². The SMILES string of the molecule is Cc1cnc(C(=O)Cl)[nH]1. The van der Waals surface area contributed by atoms with E-state index in [-0.39, 0.29) is 5.82 Å². The number of nitrogens with one attached hydrogen (secondary N) is 1. The number of hydrogen-bond donors (Lipinski definition) is 1. The minimum absolute atomic E-state index is 0.203. The molecule has 0 bridgehead atoms. The van der Waals surface area contributed by atoms with Gasteiger partial charge in [-0.15, -0.1) is 0 Å². The molecular formula is C5H5ClN2O. The van der Waals surface area contributed by atoms with E-state index in [1.54, 1.807) is 13.1 Å². The van der Waals surface area contributed by atoms with Crippen molar-refractivity contribution in [2.45, 2.75) is 6.92 Å². The highest BCUT2D eigenvalue weighted by Crippen LogP contribution is 1.97. The highest BCUT2D eigenvalue weighted by Gasteiger charge is 2.02. The van der Waals surface area contributed by atoms with Gasteiger partial charge in [0.05, 0.1) is 0 Å². The average Bonchev–Trinajstić information content (AvgIpc) is 2.14. The van der Waals surface area contributed by atoms with Gasteiger partial charge in [-0.05, 0) is 18.5 Å². The summed E-state index contributed by atoms with van der Waals surface area (Å²) in [5.41, 5.74) is 0.832. The lowest BCUT2D eigenvalue weighted by atomic mass is 10.6. The first-order valence-corrected chi connectivity index (χ1v) is 2.79. The molecule has 0 saturated heterocycles. The van der Waals surface area contributed by atoms with Crippen LogP contribution in [0.3, 0.4) is 0 Å². The van der Waals surface area contributed by atoms with Crippen LogP contribution in [-0.4, -0.2) is 15.2 Å². The predicted molar refractivity (Wildman–Crippen MR) is 33.5 cm³/mol. The van der Waals surface area contributed by atoms with Crippen molar-refractivity contribution in [2.75, 3.05) is 0 Å². The van der Waals surface area contributed by atoms with Crippen LogP contribution in [0.5, 0.6) is 0 Å². The largest absolute Gasteiger partial charge is 0.339 e. The van der Waals surface area contributed by atoms with Crippen molar-refractivity contribution < 1.29 is 4.79 Å². The van der Waals surface area contributed by atoms with Crippen LogP contribution in [0, 0.1) is 6.92 Å². The lowest BCUT2D eigenvalue weighted by molar-refractivity contribution is 0.107. The lowest BCUT2D eigenvalue weighted by Crippen LogP contribution is -1.90. The first-order chi connectivity index (χ1) is 4.20. The second-order valence-electron chi connectivity index (χ2n) is 1.69. The maximum Gasteiger partial charge on any atom is 0.287 e. The van der Waals surface area contributed by atoms with Crippen molar-refractivity contribution in [1.29, 1.82) is 0 Å². The Morgan fingerprint density at radius 1 is 1.89 bits per heavy atom. The zero-order chi connectivity index (χ0) is 6.85. The third kappa shape index (κ3) is 1.29. The minimum atomic E-state index is -0.553. The van der Waals surface area contributed by atoms with Gasteiger partial charge in [-0.1, -0.05) is 0 Å². The van der Waals surface area contributed by atoms with Crippen LogP contribution in [0.2, 0.25) is 0 Å². The van der Waals surface area contributed by atoms with E-state index < -0.39 is 5.24 Å². The summed E-state index contributed by atoms with van der Waals surface area (Å²) in [7, 11) is 0. The second kappa shape index (κ2) is 2.19. The Morgan fingerprint density at radius 2 is 2.56 bits per heavy atom. The molecule has 0 saturated carbocycles. The Bertz CT molecular complexity index is 231. The van der Waals surface area contributed by atoms with Gasteiger partial charge >= 0.3 is 0 Å². The topological polar surface area (TPSA) is 45.8 Å². The number of rotatable bonds is 1. The maximum atomic E-state index is 10.3. The molecule has 0 spiro atoms. The van der Waals surface area contributed by atoms with E-state index in [0.29, 0.717) is 0 Å². The Labute approximate surface area is 57.1 Å². The number of nitrogens with zero attached hydrogens (tertiary/aromatic N) is 1. The molecule has 0 fully saturated rings. The summed E-state index contributed by atoms with van der Waals surface area (Å²) >= 11 is 5.08. The summed E-state index contributed by atoms with van der Waals surface area (Å²) in [5, 5.41) is -0.553. The zero-order valence-corrected chi connectivity index (χ0v) is 5.57. The van der Waals surface area contributed by atoms with Crippen LogP contribution < -0.4 is 0 Å². The van der Waals surface area contributed by atoms with Crippen LogP contribution in [0.15, 0.2) is 6.20 Å². The maximum absolute atomic E-state index is 10.3. The highest BCUT2D eigenvalue weighted by atomic mass is 35.5. The molecule has 0 aliphatic rings. The van der Waals surface area contributed by atoms with Crippen LogP contribution in [-0.2, 0) is 0 Å². The van der Waals surface area contributed by atoms with Crippen molar-refractivity contribution >= 4 is 16.8 Å². The Balaban J connectivity index is 2.98. The fourth-order valence-electron chi connectivity index (χ4n) is 0.513. The smallest absolute Gasteiger partial charge is 0.287 e. The summed E-state index contributed by atoms with van der Waals surface area (Å²) in [6.07, 6.45) is 1.55. The Hall–Kier alpha value is -0.830. The molecule has 0 radical (unpaired) electrons. The molecule has 0 aromatic carbocycles. The number of aryl methyl sites for hydroxylation is 1. The number of hydrogen-bond acceptors (Lipinski definition) is 2. The normalized spacial score (nSPS) is 9.56. The first kappa shape index (κ1) is 6.29. The van der Waals surface area contributed by atoms with E-state index in [2.05, 4.69) is 9.97 Å². The fraction of sp³-hybridized carbons (Fsp3) is 0.200. The Kier molecular flexibility index (Phi) is 1.53. The van der Waals surface area contributed by atoms with Gasteiger partial charge in [0.15, 0.2) is 5.82 Å². The summed E-state index contributed by atoms with van der Waals surface area (Å²) in [6, 6.07) is 0. The van der Waals surface area contributed by atoms with E-state index in [0.717, 1.165) is 5.69 Å². The van der Waals surface area contributed by atoms with Crippen molar-refractivity contribution in [2.24, 2.45) is 0 Å². The van der Waals surface area contributed by atoms with Crippen molar-refractivity contribution in [3.05, 3.63) is 17.7 Å². The van der Waals surface area contributed by atoms with Crippen LogP contribution in [0.1, 0.15) is 16.3 Å². The number of imidazole rings is 1. The van der Waals surface area contributed by atoms with Gasteiger partial charge in [0.25, 0.3) is 5.24 Å². The fourth-order valence-corrected chi connectivity index (χ4v) is 0.609. The van der Waals surface area contributed by atoms with Crippen molar-refractivity contribution in [3.8, 4) is 0 Å². The summed E-state index contributed by atoms with van der Waals surface area (Å²) < 4.78 is 0. The van der Waals surface area contributed by atoms with Crippen LogP contribution in [0.4, 0.5) is 0 Å². The highest BCUT2D eigenvalue weighted by molar-refractivity contribution is 6.67. The minimum Gasteiger partial charge on any atom is -0.339 e.